The Balaban J connectivity index is 1.56. The van der Waals surface area contributed by atoms with Gasteiger partial charge in [-0.05, 0) is 30.3 Å². The second-order valence-electron chi connectivity index (χ2n) is 6.96. The zero-order chi connectivity index (χ0) is 19.2. The number of ether oxygens (including phenoxy) is 1. The quantitative estimate of drug-likeness (QED) is 0.805. The van der Waals surface area contributed by atoms with E-state index in [4.69, 9.17) is 4.74 Å². The van der Waals surface area contributed by atoms with Crippen molar-refractivity contribution in [3.63, 3.8) is 0 Å². The molecule has 4 rings (SSSR count). The van der Waals surface area contributed by atoms with Crippen LogP contribution in [0.1, 0.15) is 28.8 Å². The van der Waals surface area contributed by atoms with Gasteiger partial charge in [0.1, 0.15) is 23.0 Å². The molecule has 1 atom stereocenters. The molecule has 1 unspecified atom stereocenters. The monoisotopic (exact) mass is 393 g/mol. The molecule has 5 nitrogen and oxygen atoms in total. The fraction of sp³-hybridized carbons (Fsp3) is 0.316. The van der Waals surface area contributed by atoms with Crippen LogP contribution in [-0.4, -0.2) is 37.2 Å². The smallest absolute Gasteiger partial charge is 0.218 e. The number of rotatable bonds is 3. The number of para-hydroxylation sites is 1. The van der Waals surface area contributed by atoms with Gasteiger partial charge in [0.05, 0.1) is 24.3 Å². The third kappa shape index (κ3) is 3.35. The minimum Gasteiger partial charge on any atom is -0.485 e. The first kappa shape index (κ1) is 18.1. The van der Waals surface area contributed by atoms with Crippen LogP contribution in [0.4, 0.5) is 8.78 Å². The summed E-state index contributed by atoms with van der Waals surface area (Å²) in [4.78, 5) is 12.4. The molecular formula is C19H17F2NO4S. The largest absolute Gasteiger partial charge is 0.485 e. The number of fused-ring (bicyclic) bond motifs is 1. The van der Waals surface area contributed by atoms with Gasteiger partial charge in [-0.25, -0.2) is 17.2 Å². The maximum Gasteiger partial charge on any atom is 0.218 e. The summed E-state index contributed by atoms with van der Waals surface area (Å²) in [5, 5.41) is 0. The van der Waals surface area contributed by atoms with E-state index in [1.807, 2.05) is 0 Å². The lowest BCUT2D eigenvalue weighted by Crippen LogP contribution is -2.45. The van der Waals surface area contributed by atoms with Crippen LogP contribution in [0.3, 0.4) is 0 Å². The predicted octanol–water partition coefficient (Wildman–Crippen LogP) is 2.90. The summed E-state index contributed by atoms with van der Waals surface area (Å²) in [6, 6.07) is 9.60. The van der Waals surface area contributed by atoms with E-state index in [1.165, 1.54) is 4.31 Å². The Morgan fingerprint density at radius 2 is 1.93 bits per heavy atom. The molecule has 0 amide bonds. The number of carbonyl (C=O) groups is 1. The lowest BCUT2D eigenvalue weighted by Gasteiger charge is -2.34. The number of carbonyl (C=O) groups excluding carboxylic acids is 1. The SMILES string of the molecule is O=C1CC2(CCN(S(=O)(=O)Cc3cc(F)ccc3F)C2)Oc2ccccc21. The number of halogens is 2. The first-order chi connectivity index (χ1) is 12.8. The van der Waals surface area contributed by atoms with Crippen molar-refractivity contribution < 1.29 is 26.7 Å². The standard InChI is InChI=1S/C19H17F2NO4S/c20-14-5-6-16(21)13(9-14)11-27(24,25)22-8-7-19(12-22)10-17(23)15-3-1-2-4-18(15)26-19/h1-6,9H,7-8,10-12H2. The molecule has 2 aliphatic rings. The topological polar surface area (TPSA) is 63.7 Å². The fourth-order valence-corrected chi connectivity index (χ4v) is 5.26. The molecule has 2 heterocycles. The maximum atomic E-state index is 13.8. The zero-order valence-electron chi connectivity index (χ0n) is 14.3. The van der Waals surface area contributed by atoms with Crippen LogP contribution in [0.5, 0.6) is 5.75 Å². The number of hydrogen-bond acceptors (Lipinski definition) is 4. The highest BCUT2D eigenvalue weighted by Crippen LogP contribution is 2.39. The molecule has 8 heteroatoms. The van der Waals surface area contributed by atoms with Crippen molar-refractivity contribution in [2.24, 2.45) is 0 Å². The van der Waals surface area contributed by atoms with E-state index in [9.17, 15) is 22.0 Å². The summed E-state index contributed by atoms with van der Waals surface area (Å²) >= 11 is 0. The molecule has 1 spiro atoms. The van der Waals surface area contributed by atoms with Gasteiger partial charge in [0.25, 0.3) is 0 Å². The highest BCUT2D eigenvalue weighted by atomic mass is 32.2. The van der Waals surface area contributed by atoms with Crippen molar-refractivity contribution in [1.29, 1.82) is 0 Å². The Morgan fingerprint density at radius 3 is 2.74 bits per heavy atom. The number of Topliss-reactive ketones (excluding diaryl/α,β-unsaturated/α-hetero) is 1. The highest BCUT2D eigenvalue weighted by Gasteiger charge is 2.48. The van der Waals surface area contributed by atoms with Crippen LogP contribution >= 0.6 is 0 Å². The number of ketones is 1. The van der Waals surface area contributed by atoms with Crippen LogP contribution in [0.15, 0.2) is 42.5 Å². The molecule has 0 saturated carbocycles. The molecule has 2 aromatic carbocycles. The molecule has 0 N–H and O–H groups in total. The summed E-state index contributed by atoms with van der Waals surface area (Å²) in [5.41, 5.74) is -0.646. The number of nitrogens with zero attached hydrogens (tertiary/aromatic N) is 1. The second-order valence-corrected chi connectivity index (χ2v) is 8.93. The van der Waals surface area contributed by atoms with E-state index in [1.54, 1.807) is 24.3 Å². The van der Waals surface area contributed by atoms with Gasteiger partial charge in [-0.1, -0.05) is 12.1 Å². The maximum absolute atomic E-state index is 13.8. The Labute approximate surface area is 155 Å². The van der Waals surface area contributed by atoms with Crippen LogP contribution < -0.4 is 4.74 Å². The second kappa shape index (κ2) is 6.38. The molecule has 0 aliphatic carbocycles. The van der Waals surface area contributed by atoms with E-state index < -0.39 is 33.0 Å². The summed E-state index contributed by atoms with van der Waals surface area (Å²) in [7, 11) is -3.89. The third-order valence-corrected chi connectivity index (χ3v) is 6.79. The van der Waals surface area contributed by atoms with Crippen LogP contribution in [0.25, 0.3) is 0 Å². The van der Waals surface area contributed by atoms with Gasteiger partial charge in [-0.3, -0.25) is 4.79 Å². The zero-order valence-corrected chi connectivity index (χ0v) is 15.1. The Morgan fingerprint density at radius 1 is 1.15 bits per heavy atom. The third-order valence-electron chi connectivity index (χ3n) is 5.02. The lowest BCUT2D eigenvalue weighted by molar-refractivity contribution is 0.0498. The van der Waals surface area contributed by atoms with Crippen LogP contribution in [0.2, 0.25) is 0 Å². The van der Waals surface area contributed by atoms with Crippen molar-refractivity contribution >= 4 is 15.8 Å². The highest BCUT2D eigenvalue weighted by molar-refractivity contribution is 7.88. The summed E-state index contributed by atoms with van der Waals surface area (Å²) in [5.74, 6) is -1.75. The first-order valence-electron chi connectivity index (χ1n) is 8.51. The Hall–Kier alpha value is -2.32. The van der Waals surface area contributed by atoms with Crippen molar-refractivity contribution in [2.75, 3.05) is 13.1 Å². The minimum atomic E-state index is -3.89. The summed E-state index contributed by atoms with van der Waals surface area (Å²) in [6.45, 7) is 0.168. The van der Waals surface area contributed by atoms with Crippen molar-refractivity contribution in [3.8, 4) is 5.75 Å². The van der Waals surface area contributed by atoms with E-state index in [2.05, 4.69) is 0 Å². The molecule has 0 aromatic heterocycles. The van der Waals surface area contributed by atoms with Crippen LogP contribution in [0, 0.1) is 11.6 Å². The van der Waals surface area contributed by atoms with Crippen molar-refractivity contribution in [2.45, 2.75) is 24.2 Å². The normalized spacial score (nSPS) is 22.7. The molecule has 0 bridgehead atoms. The van der Waals surface area contributed by atoms with Gasteiger partial charge in [0, 0.05) is 18.5 Å². The van der Waals surface area contributed by atoms with Gasteiger partial charge >= 0.3 is 0 Å². The molecule has 142 valence electrons. The predicted molar refractivity (Wildman–Crippen MR) is 93.9 cm³/mol. The van der Waals surface area contributed by atoms with Crippen molar-refractivity contribution in [3.05, 3.63) is 65.2 Å². The van der Waals surface area contributed by atoms with Crippen LogP contribution in [-0.2, 0) is 15.8 Å². The van der Waals surface area contributed by atoms with Gasteiger partial charge in [0.2, 0.25) is 10.0 Å². The van der Waals surface area contributed by atoms with Gasteiger partial charge in [0.15, 0.2) is 5.78 Å². The first-order valence-corrected chi connectivity index (χ1v) is 10.1. The lowest BCUT2D eigenvalue weighted by atomic mass is 9.89. The molecule has 0 radical (unpaired) electrons. The fourth-order valence-electron chi connectivity index (χ4n) is 3.66. The number of hydrogen-bond donors (Lipinski definition) is 0. The molecular weight excluding hydrogens is 376 g/mol. The summed E-state index contributed by atoms with van der Waals surface area (Å²) in [6.07, 6.45) is 0.447. The van der Waals surface area contributed by atoms with E-state index in [-0.39, 0.29) is 30.9 Å². The summed E-state index contributed by atoms with van der Waals surface area (Å²) < 4.78 is 59.8. The Kier molecular flexibility index (Phi) is 4.27. The molecule has 2 aliphatic heterocycles. The average molecular weight is 393 g/mol. The van der Waals surface area contributed by atoms with E-state index >= 15 is 0 Å². The van der Waals surface area contributed by atoms with Gasteiger partial charge in [-0.15, -0.1) is 0 Å². The van der Waals surface area contributed by atoms with Crippen molar-refractivity contribution in [1.82, 2.24) is 4.31 Å². The van der Waals surface area contributed by atoms with E-state index in [0.717, 1.165) is 18.2 Å². The molecule has 1 fully saturated rings. The van der Waals surface area contributed by atoms with Gasteiger partial charge in [-0.2, -0.15) is 4.31 Å². The van der Waals surface area contributed by atoms with E-state index in [0.29, 0.717) is 17.7 Å². The molecule has 2 aromatic rings. The average Bonchev–Trinajstić information content (AvgIpc) is 3.02. The minimum absolute atomic E-state index is 0.00629. The number of sulfonamides is 1. The van der Waals surface area contributed by atoms with Gasteiger partial charge < -0.3 is 4.74 Å². The molecule has 1 saturated heterocycles. The Bertz CT molecular complexity index is 1020. The number of benzene rings is 2. The molecule has 27 heavy (non-hydrogen) atoms.